The van der Waals surface area contributed by atoms with E-state index >= 15 is 0 Å². The van der Waals surface area contributed by atoms with E-state index in [1.165, 1.54) is 23.1 Å². The van der Waals surface area contributed by atoms with Gasteiger partial charge < -0.3 is 5.73 Å². The van der Waals surface area contributed by atoms with Gasteiger partial charge in [-0.25, -0.2) is 0 Å². The third kappa shape index (κ3) is 3.49. The second kappa shape index (κ2) is 6.71. The second-order valence-electron chi connectivity index (χ2n) is 5.62. The highest BCUT2D eigenvalue weighted by Crippen LogP contribution is 2.27. The van der Waals surface area contributed by atoms with Crippen molar-refractivity contribution in [3.05, 3.63) is 71.3 Å². The number of rotatable bonds is 6. The Morgan fingerprint density at radius 3 is 2.25 bits per heavy atom. The summed E-state index contributed by atoms with van der Waals surface area (Å²) in [6.07, 6.45) is 4.13. The Kier molecular flexibility index (Phi) is 4.97. The van der Waals surface area contributed by atoms with Crippen molar-refractivity contribution < 1.29 is 0 Å². The molecule has 2 aromatic rings. The molecular weight excluding hydrogens is 242 g/mol. The Hall–Kier alpha value is -1.60. The number of hydrogen-bond acceptors (Lipinski definition) is 1. The van der Waals surface area contributed by atoms with E-state index in [1.54, 1.807) is 0 Å². The summed E-state index contributed by atoms with van der Waals surface area (Å²) >= 11 is 0. The predicted octanol–water partition coefficient (Wildman–Crippen LogP) is 4.45. The van der Waals surface area contributed by atoms with Gasteiger partial charge in [-0.1, -0.05) is 74.9 Å². The van der Waals surface area contributed by atoms with Gasteiger partial charge in [0.1, 0.15) is 0 Å². The van der Waals surface area contributed by atoms with Crippen LogP contribution in [0.1, 0.15) is 43.4 Å². The molecule has 0 amide bonds. The van der Waals surface area contributed by atoms with E-state index < -0.39 is 0 Å². The highest BCUT2D eigenvalue weighted by molar-refractivity contribution is 5.32. The molecule has 1 atom stereocenters. The SMILES string of the molecule is CCCc1cccc(C(N)(CC)Cc2ccccc2)c1. The van der Waals surface area contributed by atoms with E-state index in [2.05, 4.69) is 68.4 Å². The predicted molar refractivity (Wildman–Crippen MR) is 86.7 cm³/mol. The van der Waals surface area contributed by atoms with Crippen molar-refractivity contribution >= 4 is 0 Å². The molecule has 20 heavy (non-hydrogen) atoms. The number of hydrogen-bond donors (Lipinski definition) is 1. The lowest BCUT2D eigenvalue weighted by molar-refractivity contribution is 0.424. The van der Waals surface area contributed by atoms with Crippen molar-refractivity contribution in [2.24, 2.45) is 5.73 Å². The first-order chi connectivity index (χ1) is 9.68. The molecule has 0 aliphatic heterocycles. The standard InChI is InChI=1S/C19H25N/c1-3-9-16-12-8-13-18(14-16)19(20,4-2)15-17-10-6-5-7-11-17/h5-8,10-14H,3-4,9,15,20H2,1-2H3. The van der Waals surface area contributed by atoms with Crippen LogP contribution >= 0.6 is 0 Å². The summed E-state index contributed by atoms with van der Waals surface area (Å²) in [5, 5.41) is 0. The van der Waals surface area contributed by atoms with Crippen molar-refractivity contribution in [2.45, 2.75) is 45.1 Å². The average molecular weight is 267 g/mol. The van der Waals surface area contributed by atoms with Gasteiger partial charge in [0, 0.05) is 5.54 Å². The Labute approximate surface area is 122 Å². The lowest BCUT2D eigenvalue weighted by Crippen LogP contribution is -2.38. The average Bonchev–Trinajstić information content (AvgIpc) is 2.49. The zero-order chi connectivity index (χ0) is 14.4. The summed E-state index contributed by atoms with van der Waals surface area (Å²) in [6, 6.07) is 19.3. The maximum atomic E-state index is 6.72. The van der Waals surface area contributed by atoms with Crippen LogP contribution in [0.25, 0.3) is 0 Å². The molecule has 0 fully saturated rings. The van der Waals surface area contributed by atoms with Crippen LogP contribution in [0.2, 0.25) is 0 Å². The number of aryl methyl sites for hydroxylation is 1. The van der Waals surface area contributed by atoms with Crippen LogP contribution in [0.4, 0.5) is 0 Å². The Morgan fingerprint density at radius 1 is 0.900 bits per heavy atom. The van der Waals surface area contributed by atoms with Gasteiger partial charge in [0.05, 0.1) is 0 Å². The summed E-state index contributed by atoms with van der Waals surface area (Å²) in [6.45, 7) is 4.39. The van der Waals surface area contributed by atoms with Crippen molar-refractivity contribution in [1.29, 1.82) is 0 Å². The third-order valence-electron chi connectivity index (χ3n) is 4.03. The van der Waals surface area contributed by atoms with E-state index in [4.69, 9.17) is 5.73 Å². The van der Waals surface area contributed by atoms with Crippen LogP contribution in [0.5, 0.6) is 0 Å². The smallest absolute Gasteiger partial charge is 0.0447 e. The van der Waals surface area contributed by atoms with Gasteiger partial charge in [-0.2, -0.15) is 0 Å². The number of nitrogens with two attached hydrogens (primary N) is 1. The molecule has 2 aromatic carbocycles. The fraction of sp³-hybridized carbons (Fsp3) is 0.368. The van der Waals surface area contributed by atoms with Gasteiger partial charge in [0.25, 0.3) is 0 Å². The van der Waals surface area contributed by atoms with Crippen LogP contribution in [0.15, 0.2) is 54.6 Å². The summed E-state index contributed by atoms with van der Waals surface area (Å²) in [5.74, 6) is 0. The largest absolute Gasteiger partial charge is 0.321 e. The first kappa shape index (κ1) is 14.8. The summed E-state index contributed by atoms with van der Waals surface area (Å²) < 4.78 is 0. The highest BCUT2D eigenvalue weighted by atomic mass is 14.7. The van der Waals surface area contributed by atoms with Gasteiger partial charge in [-0.05, 0) is 36.0 Å². The molecule has 0 saturated heterocycles. The molecule has 1 heteroatoms. The lowest BCUT2D eigenvalue weighted by Gasteiger charge is -2.29. The summed E-state index contributed by atoms with van der Waals surface area (Å²) in [7, 11) is 0. The molecule has 0 radical (unpaired) electrons. The fourth-order valence-corrected chi connectivity index (χ4v) is 2.72. The van der Waals surface area contributed by atoms with E-state index in [9.17, 15) is 0 Å². The molecule has 2 rings (SSSR count). The molecule has 2 N–H and O–H groups in total. The zero-order valence-corrected chi connectivity index (χ0v) is 12.6. The van der Waals surface area contributed by atoms with Gasteiger partial charge in [-0.15, -0.1) is 0 Å². The quantitative estimate of drug-likeness (QED) is 0.822. The van der Waals surface area contributed by atoms with Gasteiger partial charge in [0.2, 0.25) is 0 Å². The van der Waals surface area contributed by atoms with Crippen LogP contribution in [-0.2, 0) is 18.4 Å². The Morgan fingerprint density at radius 2 is 1.60 bits per heavy atom. The van der Waals surface area contributed by atoms with Crippen molar-refractivity contribution in [1.82, 2.24) is 0 Å². The molecule has 0 aromatic heterocycles. The van der Waals surface area contributed by atoms with Gasteiger partial charge in [0.15, 0.2) is 0 Å². The minimum absolute atomic E-state index is 0.273. The molecule has 106 valence electrons. The maximum absolute atomic E-state index is 6.72. The molecule has 1 unspecified atom stereocenters. The molecule has 0 aliphatic rings. The van der Waals surface area contributed by atoms with Crippen molar-refractivity contribution in [3.63, 3.8) is 0 Å². The first-order valence-electron chi connectivity index (χ1n) is 7.60. The van der Waals surface area contributed by atoms with Crippen LogP contribution in [-0.4, -0.2) is 0 Å². The summed E-state index contributed by atoms with van der Waals surface area (Å²) in [4.78, 5) is 0. The topological polar surface area (TPSA) is 26.0 Å². The number of benzene rings is 2. The second-order valence-corrected chi connectivity index (χ2v) is 5.62. The van der Waals surface area contributed by atoms with E-state index in [-0.39, 0.29) is 5.54 Å². The minimum Gasteiger partial charge on any atom is -0.321 e. The molecule has 0 spiro atoms. The van der Waals surface area contributed by atoms with E-state index in [1.807, 2.05) is 0 Å². The van der Waals surface area contributed by atoms with Crippen LogP contribution < -0.4 is 5.73 Å². The van der Waals surface area contributed by atoms with E-state index in [0.29, 0.717) is 0 Å². The highest BCUT2D eigenvalue weighted by Gasteiger charge is 2.25. The van der Waals surface area contributed by atoms with Crippen molar-refractivity contribution in [3.8, 4) is 0 Å². The Balaban J connectivity index is 2.27. The zero-order valence-electron chi connectivity index (χ0n) is 12.6. The molecule has 1 nitrogen and oxygen atoms in total. The maximum Gasteiger partial charge on any atom is 0.0447 e. The lowest BCUT2D eigenvalue weighted by atomic mass is 9.82. The van der Waals surface area contributed by atoms with Crippen molar-refractivity contribution in [2.75, 3.05) is 0 Å². The monoisotopic (exact) mass is 267 g/mol. The first-order valence-corrected chi connectivity index (χ1v) is 7.60. The van der Waals surface area contributed by atoms with Gasteiger partial charge >= 0.3 is 0 Å². The fourth-order valence-electron chi connectivity index (χ4n) is 2.72. The molecule has 0 saturated carbocycles. The normalized spacial score (nSPS) is 13.9. The minimum atomic E-state index is -0.273. The van der Waals surface area contributed by atoms with Crippen LogP contribution in [0.3, 0.4) is 0 Å². The van der Waals surface area contributed by atoms with E-state index in [0.717, 1.165) is 19.3 Å². The van der Waals surface area contributed by atoms with Crippen LogP contribution in [0, 0.1) is 0 Å². The molecule has 0 aliphatic carbocycles. The Bertz CT molecular complexity index is 532. The molecule has 0 heterocycles. The van der Waals surface area contributed by atoms with Gasteiger partial charge in [-0.3, -0.25) is 0 Å². The third-order valence-corrected chi connectivity index (χ3v) is 4.03. The molecular formula is C19H25N. The summed E-state index contributed by atoms with van der Waals surface area (Å²) in [5.41, 5.74) is 10.4. The molecule has 0 bridgehead atoms.